The minimum Gasteiger partial charge on any atom is -0.465 e. The SMILES string of the molecule is CCOC(=O)c1[nH]c(-c2ccccc2)cc1N=C(NC(=O)O)NC(=O)OC(C)(C)C. The first-order chi connectivity index (χ1) is 14.1. The fraction of sp³-hybridized carbons (Fsp3) is 0.300. The van der Waals surface area contributed by atoms with E-state index in [4.69, 9.17) is 14.6 Å². The fourth-order valence-corrected chi connectivity index (χ4v) is 2.37. The molecular weight excluding hydrogens is 392 g/mol. The average Bonchev–Trinajstić information content (AvgIpc) is 3.04. The van der Waals surface area contributed by atoms with Crippen molar-refractivity contribution in [3.63, 3.8) is 0 Å². The van der Waals surface area contributed by atoms with Gasteiger partial charge in [-0.05, 0) is 39.3 Å². The van der Waals surface area contributed by atoms with Crippen molar-refractivity contribution in [2.24, 2.45) is 4.99 Å². The lowest BCUT2D eigenvalue weighted by Gasteiger charge is -2.19. The van der Waals surface area contributed by atoms with Gasteiger partial charge in [-0.3, -0.25) is 10.6 Å². The number of benzene rings is 1. The molecule has 0 unspecified atom stereocenters. The minimum absolute atomic E-state index is 0.00591. The van der Waals surface area contributed by atoms with E-state index in [0.29, 0.717) is 5.69 Å². The highest BCUT2D eigenvalue weighted by Gasteiger charge is 2.21. The van der Waals surface area contributed by atoms with Crippen LogP contribution in [0.25, 0.3) is 11.3 Å². The number of carboxylic acid groups (broad SMARTS) is 1. The van der Waals surface area contributed by atoms with E-state index < -0.39 is 29.7 Å². The van der Waals surface area contributed by atoms with Crippen LogP contribution in [0, 0.1) is 0 Å². The summed E-state index contributed by atoms with van der Waals surface area (Å²) in [5, 5.41) is 13.3. The molecule has 4 N–H and O–H groups in total. The maximum absolute atomic E-state index is 12.4. The van der Waals surface area contributed by atoms with Crippen molar-refractivity contribution in [2.45, 2.75) is 33.3 Å². The monoisotopic (exact) mass is 416 g/mol. The predicted octanol–water partition coefficient (Wildman–Crippen LogP) is 3.64. The van der Waals surface area contributed by atoms with E-state index in [-0.39, 0.29) is 18.0 Å². The van der Waals surface area contributed by atoms with Gasteiger partial charge in [-0.25, -0.2) is 19.4 Å². The third-order valence-corrected chi connectivity index (χ3v) is 3.44. The Balaban J connectivity index is 2.45. The summed E-state index contributed by atoms with van der Waals surface area (Å²) >= 11 is 0. The van der Waals surface area contributed by atoms with E-state index in [1.54, 1.807) is 33.8 Å². The summed E-state index contributed by atoms with van der Waals surface area (Å²) in [7, 11) is 0. The van der Waals surface area contributed by atoms with E-state index >= 15 is 0 Å². The van der Waals surface area contributed by atoms with E-state index in [2.05, 4.69) is 15.3 Å². The Morgan fingerprint density at radius 1 is 1.13 bits per heavy atom. The van der Waals surface area contributed by atoms with Gasteiger partial charge in [0.15, 0.2) is 5.69 Å². The highest BCUT2D eigenvalue weighted by atomic mass is 16.6. The van der Waals surface area contributed by atoms with Crippen molar-refractivity contribution in [1.29, 1.82) is 0 Å². The van der Waals surface area contributed by atoms with Gasteiger partial charge in [-0.2, -0.15) is 0 Å². The molecule has 0 saturated heterocycles. The summed E-state index contributed by atoms with van der Waals surface area (Å²) in [5.41, 5.74) is 0.614. The second-order valence-electron chi connectivity index (χ2n) is 7.05. The number of aromatic amines is 1. The van der Waals surface area contributed by atoms with Crippen LogP contribution in [0.4, 0.5) is 15.3 Å². The van der Waals surface area contributed by atoms with E-state index in [9.17, 15) is 14.4 Å². The van der Waals surface area contributed by atoms with Gasteiger partial charge in [0.05, 0.1) is 6.61 Å². The highest BCUT2D eigenvalue weighted by Crippen LogP contribution is 2.28. The smallest absolute Gasteiger partial charge is 0.414 e. The van der Waals surface area contributed by atoms with Crippen molar-refractivity contribution in [1.82, 2.24) is 15.6 Å². The zero-order chi connectivity index (χ0) is 22.3. The van der Waals surface area contributed by atoms with Gasteiger partial charge in [0.25, 0.3) is 0 Å². The molecule has 1 aromatic heterocycles. The Morgan fingerprint density at radius 2 is 1.80 bits per heavy atom. The average molecular weight is 416 g/mol. The number of carbonyl (C=O) groups excluding carboxylic acids is 2. The van der Waals surface area contributed by atoms with Crippen LogP contribution >= 0.6 is 0 Å². The first-order valence-corrected chi connectivity index (χ1v) is 9.13. The second-order valence-corrected chi connectivity index (χ2v) is 7.05. The lowest BCUT2D eigenvalue weighted by molar-refractivity contribution is 0.0519. The van der Waals surface area contributed by atoms with Gasteiger partial charge in [0, 0.05) is 5.69 Å². The molecule has 2 amide bonds. The number of amides is 2. The summed E-state index contributed by atoms with van der Waals surface area (Å²) in [6, 6.07) is 10.7. The number of esters is 1. The summed E-state index contributed by atoms with van der Waals surface area (Å²) in [4.78, 5) is 42.6. The van der Waals surface area contributed by atoms with Crippen LogP contribution in [0.5, 0.6) is 0 Å². The first kappa shape index (κ1) is 22.5. The molecule has 0 fully saturated rings. The first-order valence-electron chi connectivity index (χ1n) is 9.13. The highest BCUT2D eigenvalue weighted by molar-refractivity contribution is 6.03. The molecule has 0 saturated carbocycles. The van der Waals surface area contributed by atoms with E-state index in [0.717, 1.165) is 5.56 Å². The zero-order valence-corrected chi connectivity index (χ0v) is 17.1. The normalized spacial score (nSPS) is 11.5. The Labute approximate surface area is 173 Å². The van der Waals surface area contributed by atoms with Gasteiger partial charge in [-0.1, -0.05) is 30.3 Å². The number of carbonyl (C=O) groups is 3. The van der Waals surface area contributed by atoms with Crippen molar-refractivity contribution in [2.75, 3.05) is 6.61 Å². The molecular formula is C20H24N4O6. The molecule has 1 heterocycles. The summed E-state index contributed by atoms with van der Waals surface area (Å²) in [6.45, 7) is 6.77. The lowest BCUT2D eigenvalue weighted by atomic mass is 10.1. The number of nitrogens with zero attached hydrogens (tertiary/aromatic N) is 1. The Morgan fingerprint density at radius 3 is 2.37 bits per heavy atom. The van der Waals surface area contributed by atoms with Gasteiger partial charge in [-0.15, -0.1) is 0 Å². The zero-order valence-electron chi connectivity index (χ0n) is 17.1. The Bertz CT molecular complexity index is 944. The topological polar surface area (TPSA) is 142 Å². The molecule has 10 nitrogen and oxygen atoms in total. The molecule has 30 heavy (non-hydrogen) atoms. The van der Waals surface area contributed by atoms with Crippen LogP contribution in [0.15, 0.2) is 41.4 Å². The molecule has 0 radical (unpaired) electrons. The molecule has 0 aliphatic carbocycles. The number of ether oxygens (including phenoxy) is 2. The third-order valence-electron chi connectivity index (χ3n) is 3.44. The van der Waals surface area contributed by atoms with Gasteiger partial charge in [0.2, 0.25) is 5.96 Å². The Kier molecular flexibility index (Phi) is 7.18. The molecule has 2 aromatic rings. The lowest BCUT2D eigenvalue weighted by Crippen LogP contribution is -2.45. The number of H-pyrrole nitrogens is 1. The van der Waals surface area contributed by atoms with E-state index in [1.807, 2.05) is 35.6 Å². The number of rotatable bonds is 4. The van der Waals surface area contributed by atoms with Crippen LogP contribution in [-0.4, -0.2) is 46.4 Å². The summed E-state index contributed by atoms with van der Waals surface area (Å²) in [5.74, 6) is -1.11. The second kappa shape index (κ2) is 9.59. The maximum atomic E-state index is 12.4. The number of alkyl carbamates (subject to hydrolysis) is 1. The molecule has 0 aliphatic heterocycles. The number of aliphatic imine (C=N–C) groups is 1. The predicted molar refractivity (Wildman–Crippen MR) is 110 cm³/mol. The summed E-state index contributed by atoms with van der Waals surface area (Å²) < 4.78 is 10.2. The fourth-order valence-electron chi connectivity index (χ4n) is 2.37. The molecule has 1 aromatic carbocycles. The third kappa shape index (κ3) is 6.66. The van der Waals surface area contributed by atoms with E-state index in [1.165, 1.54) is 0 Å². The van der Waals surface area contributed by atoms with Crippen LogP contribution < -0.4 is 10.6 Å². The number of aromatic nitrogens is 1. The molecule has 160 valence electrons. The van der Waals surface area contributed by atoms with Gasteiger partial charge >= 0.3 is 18.2 Å². The van der Waals surface area contributed by atoms with Crippen LogP contribution in [0.3, 0.4) is 0 Å². The van der Waals surface area contributed by atoms with Gasteiger partial charge < -0.3 is 19.6 Å². The largest absolute Gasteiger partial charge is 0.465 e. The molecule has 0 aliphatic rings. The van der Waals surface area contributed by atoms with Crippen molar-refractivity contribution in [3.05, 3.63) is 42.1 Å². The number of nitrogens with one attached hydrogen (secondary N) is 3. The summed E-state index contributed by atoms with van der Waals surface area (Å²) in [6.07, 6.45) is -2.37. The number of hydrogen-bond acceptors (Lipinski definition) is 6. The van der Waals surface area contributed by atoms with Crippen LogP contribution in [0.2, 0.25) is 0 Å². The van der Waals surface area contributed by atoms with Crippen molar-refractivity contribution in [3.8, 4) is 11.3 Å². The quantitative estimate of drug-likeness (QED) is 0.340. The number of hydrogen-bond donors (Lipinski definition) is 4. The number of guanidine groups is 1. The van der Waals surface area contributed by atoms with Crippen molar-refractivity contribution >= 4 is 29.8 Å². The molecule has 0 spiro atoms. The van der Waals surface area contributed by atoms with Crippen molar-refractivity contribution < 1.29 is 29.0 Å². The minimum atomic E-state index is -1.46. The molecule has 0 atom stereocenters. The van der Waals surface area contributed by atoms with Crippen LogP contribution in [-0.2, 0) is 9.47 Å². The molecule has 0 bridgehead atoms. The maximum Gasteiger partial charge on any atom is 0.414 e. The van der Waals surface area contributed by atoms with Gasteiger partial charge in [0.1, 0.15) is 11.3 Å². The Hall–Kier alpha value is -3.82. The molecule has 2 rings (SSSR count). The standard InChI is InChI=1S/C20H24N4O6/c1-5-29-16(25)15-14(11-13(21-15)12-9-7-6-8-10-12)22-17(23-18(26)27)24-19(28)30-20(2,3)4/h6-11,21H,5H2,1-4H3,(H,26,27)(H2,22,23,24,28). The molecule has 10 heteroatoms. The van der Waals surface area contributed by atoms with Crippen LogP contribution in [0.1, 0.15) is 38.2 Å².